The van der Waals surface area contributed by atoms with Gasteiger partial charge in [-0.05, 0) is 26.2 Å². The Kier molecular flexibility index (Phi) is 3.02. The number of carbonyl (C=O) groups excluding carboxylic acids is 1. The predicted molar refractivity (Wildman–Crippen MR) is 72.5 cm³/mol. The summed E-state index contributed by atoms with van der Waals surface area (Å²) >= 11 is 0. The van der Waals surface area contributed by atoms with Crippen molar-refractivity contribution in [2.75, 3.05) is 0 Å². The highest BCUT2D eigenvalue weighted by atomic mass is 16.2. The fourth-order valence-electron chi connectivity index (χ4n) is 2.40. The fourth-order valence-corrected chi connectivity index (χ4v) is 2.40. The van der Waals surface area contributed by atoms with Crippen LogP contribution >= 0.6 is 0 Å². The van der Waals surface area contributed by atoms with E-state index >= 15 is 0 Å². The number of nitrogens with zero attached hydrogens (tertiary/aromatic N) is 1. The van der Waals surface area contributed by atoms with Crippen molar-refractivity contribution >= 4 is 5.91 Å². The maximum atomic E-state index is 12.4. The second kappa shape index (κ2) is 3.60. The van der Waals surface area contributed by atoms with E-state index in [1.807, 2.05) is 4.90 Å². The Bertz CT molecular complexity index is 369. The fraction of sp³-hybridized carbons (Fsp3) is 0.800. The number of rotatable bonds is 0. The van der Waals surface area contributed by atoms with Gasteiger partial charge in [0.15, 0.2) is 0 Å². The summed E-state index contributed by atoms with van der Waals surface area (Å²) in [6.45, 7) is 19.2. The molecule has 1 heterocycles. The van der Waals surface area contributed by atoms with E-state index in [-0.39, 0.29) is 22.3 Å². The van der Waals surface area contributed by atoms with Crippen molar-refractivity contribution in [1.82, 2.24) is 4.90 Å². The van der Waals surface area contributed by atoms with Crippen LogP contribution in [-0.4, -0.2) is 16.3 Å². The van der Waals surface area contributed by atoms with Crippen LogP contribution in [0, 0.1) is 10.8 Å². The molecule has 98 valence electrons. The maximum Gasteiger partial charge on any atom is 0.256 e. The molecule has 0 atom stereocenters. The second-order valence-electron chi connectivity index (χ2n) is 8.03. The SMILES string of the molecule is CC(C)(C)C1=C(C(C)(C)C)N(C(C)(C)C)C1=O. The van der Waals surface area contributed by atoms with Gasteiger partial charge in [0.2, 0.25) is 0 Å². The summed E-state index contributed by atoms with van der Waals surface area (Å²) in [6, 6.07) is 0. The first-order chi connectivity index (χ1) is 7.28. The van der Waals surface area contributed by atoms with E-state index in [9.17, 15) is 4.79 Å². The monoisotopic (exact) mass is 237 g/mol. The van der Waals surface area contributed by atoms with Gasteiger partial charge in [-0.25, -0.2) is 0 Å². The van der Waals surface area contributed by atoms with Crippen molar-refractivity contribution in [1.29, 1.82) is 0 Å². The number of hydrogen-bond acceptors (Lipinski definition) is 1. The third-order valence-electron chi connectivity index (χ3n) is 3.01. The summed E-state index contributed by atoms with van der Waals surface area (Å²) in [5, 5.41) is 0. The lowest BCUT2D eigenvalue weighted by Crippen LogP contribution is -2.58. The Balaban J connectivity index is 3.38. The van der Waals surface area contributed by atoms with Crippen LogP contribution in [0.3, 0.4) is 0 Å². The van der Waals surface area contributed by atoms with Crippen molar-refractivity contribution in [2.24, 2.45) is 10.8 Å². The molecule has 17 heavy (non-hydrogen) atoms. The molecular formula is C15H27NO. The number of hydrogen-bond donors (Lipinski definition) is 0. The molecule has 0 aromatic rings. The van der Waals surface area contributed by atoms with Crippen molar-refractivity contribution in [3.63, 3.8) is 0 Å². The molecule has 0 aromatic carbocycles. The first-order valence-corrected chi connectivity index (χ1v) is 6.37. The van der Waals surface area contributed by atoms with Crippen LogP contribution < -0.4 is 0 Å². The molecule has 0 spiro atoms. The topological polar surface area (TPSA) is 20.3 Å². The van der Waals surface area contributed by atoms with Gasteiger partial charge in [0.25, 0.3) is 5.91 Å². The summed E-state index contributed by atoms with van der Waals surface area (Å²) < 4.78 is 0. The minimum Gasteiger partial charge on any atom is -0.306 e. The zero-order valence-corrected chi connectivity index (χ0v) is 12.9. The van der Waals surface area contributed by atoms with Gasteiger partial charge in [0.1, 0.15) is 0 Å². The van der Waals surface area contributed by atoms with Gasteiger partial charge in [0, 0.05) is 22.2 Å². The molecule has 0 bridgehead atoms. The quantitative estimate of drug-likeness (QED) is 0.624. The Morgan fingerprint density at radius 2 is 1.18 bits per heavy atom. The molecule has 1 aliphatic rings. The summed E-state index contributed by atoms with van der Waals surface area (Å²) in [4.78, 5) is 14.3. The van der Waals surface area contributed by atoms with Crippen LogP contribution in [0.5, 0.6) is 0 Å². The highest BCUT2D eigenvalue weighted by Crippen LogP contribution is 2.48. The molecule has 1 amide bonds. The molecule has 0 unspecified atom stereocenters. The third kappa shape index (κ3) is 2.41. The average molecular weight is 237 g/mol. The average Bonchev–Trinajstić information content (AvgIpc) is 1.90. The zero-order chi connectivity index (χ0) is 13.8. The molecule has 1 rings (SSSR count). The number of carbonyl (C=O) groups is 1. The van der Waals surface area contributed by atoms with Crippen LogP contribution in [0.2, 0.25) is 0 Å². The summed E-state index contributed by atoms with van der Waals surface area (Å²) in [6.07, 6.45) is 0. The Morgan fingerprint density at radius 3 is 1.41 bits per heavy atom. The lowest BCUT2D eigenvalue weighted by atomic mass is 9.71. The van der Waals surface area contributed by atoms with Crippen molar-refractivity contribution in [3.05, 3.63) is 11.3 Å². The molecular weight excluding hydrogens is 210 g/mol. The molecule has 0 saturated heterocycles. The highest BCUT2D eigenvalue weighted by Gasteiger charge is 2.50. The van der Waals surface area contributed by atoms with E-state index in [2.05, 4.69) is 62.3 Å². The Morgan fingerprint density at radius 1 is 0.765 bits per heavy atom. The van der Waals surface area contributed by atoms with Crippen LogP contribution in [0.25, 0.3) is 0 Å². The minimum atomic E-state index is -0.131. The van der Waals surface area contributed by atoms with E-state index in [1.54, 1.807) is 0 Å². The van der Waals surface area contributed by atoms with Gasteiger partial charge < -0.3 is 4.90 Å². The molecule has 1 aliphatic heterocycles. The Hall–Kier alpha value is -0.790. The lowest BCUT2D eigenvalue weighted by molar-refractivity contribution is -0.136. The van der Waals surface area contributed by atoms with Crippen LogP contribution in [0.15, 0.2) is 11.3 Å². The van der Waals surface area contributed by atoms with Crippen molar-refractivity contribution in [2.45, 2.75) is 67.9 Å². The van der Waals surface area contributed by atoms with Gasteiger partial charge in [-0.15, -0.1) is 0 Å². The minimum absolute atomic E-state index is 0.0177. The smallest absolute Gasteiger partial charge is 0.256 e. The predicted octanol–water partition coefficient (Wildman–Crippen LogP) is 3.97. The summed E-state index contributed by atoms with van der Waals surface area (Å²) in [7, 11) is 0. The standard InChI is InChI=1S/C15H27NO/c1-13(2,3)10-11(14(4,5)6)16(12(10)17)15(7,8)9/h1-9H3. The second-order valence-corrected chi connectivity index (χ2v) is 8.03. The van der Waals surface area contributed by atoms with Crippen LogP contribution in [0.1, 0.15) is 62.3 Å². The molecule has 0 radical (unpaired) electrons. The molecule has 0 saturated carbocycles. The van der Waals surface area contributed by atoms with Gasteiger partial charge in [0.05, 0.1) is 0 Å². The maximum absolute atomic E-state index is 12.4. The molecule has 0 fully saturated rings. The van der Waals surface area contributed by atoms with E-state index in [0.717, 1.165) is 5.57 Å². The van der Waals surface area contributed by atoms with Gasteiger partial charge in [-0.2, -0.15) is 0 Å². The summed E-state index contributed by atoms with van der Waals surface area (Å²) in [5.41, 5.74) is 2.03. The lowest BCUT2D eigenvalue weighted by Gasteiger charge is -2.52. The first kappa shape index (κ1) is 14.3. The molecule has 0 aliphatic carbocycles. The van der Waals surface area contributed by atoms with Crippen LogP contribution in [0.4, 0.5) is 0 Å². The van der Waals surface area contributed by atoms with E-state index < -0.39 is 0 Å². The molecule has 0 N–H and O–H groups in total. The van der Waals surface area contributed by atoms with Crippen molar-refractivity contribution < 1.29 is 4.79 Å². The molecule has 2 heteroatoms. The number of allylic oxidation sites excluding steroid dienone is 1. The van der Waals surface area contributed by atoms with Crippen molar-refractivity contribution in [3.8, 4) is 0 Å². The first-order valence-electron chi connectivity index (χ1n) is 6.37. The molecule has 2 nitrogen and oxygen atoms in total. The Labute approximate surface area is 106 Å². The third-order valence-corrected chi connectivity index (χ3v) is 3.01. The highest BCUT2D eigenvalue weighted by molar-refractivity contribution is 6.03. The van der Waals surface area contributed by atoms with Gasteiger partial charge >= 0.3 is 0 Å². The summed E-state index contributed by atoms with van der Waals surface area (Å²) in [5.74, 6) is 0.204. The molecule has 0 aromatic heterocycles. The number of amides is 1. The van der Waals surface area contributed by atoms with Crippen LogP contribution in [-0.2, 0) is 4.79 Å². The normalized spacial score (nSPS) is 18.6. The zero-order valence-electron chi connectivity index (χ0n) is 12.9. The largest absolute Gasteiger partial charge is 0.306 e. The van der Waals surface area contributed by atoms with E-state index in [4.69, 9.17) is 0 Å². The van der Waals surface area contributed by atoms with Gasteiger partial charge in [-0.1, -0.05) is 41.5 Å². The van der Waals surface area contributed by atoms with Gasteiger partial charge in [-0.3, -0.25) is 4.79 Å². The van der Waals surface area contributed by atoms with E-state index in [1.165, 1.54) is 5.70 Å². The van der Waals surface area contributed by atoms with E-state index in [0.29, 0.717) is 0 Å².